The Labute approximate surface area is 173 Å². The number of quaternary nitrogens is 1. The number of hydrogen-bond acceptors (Lipinski definition) is 3. The highest BCUT2D eigenvalue weighted by Crippen LogP contribution is 2.27. The molecular formula is C22H30N3O3S+. The number of para-hydroxylation sites is 1. The predicted octanol–water partition coefficient (Wildman–Crippen LogP) is 3.47. The van der Waals surface area contributed by atoms with Crippen LogP contribution in [-0.4, -0.2) is 52.5 Å². The van der Waals surface area contributed by atoms with Crippen LogP contribution in [0.4, 0.5) is 11.4 Å². The maximum absolute atomic E-state index is 13.0. The molecule has 7 heteroatoms. The Bertz CT molecular complexity index is 952. The van der Waals surface area contributed by atoms with Gasteiger partial charge in [-0.05, 0) is 56.0 Å². The van der Waals surface area contributed by atoms with Gasteiger partial charge in [0.15, 0.2) is 6.54 Å². The third-order valence-electron chi connectivity index (χ3n) is 5.76. The van der Waals surface area contributed by atoms with Crippen molar-refractivity contribution >= 4 is 27.3 Å². The minimum Gasteiger partial charge on any atom is -0.321 e. The van der Waals surface area contributed by atoms with Crippen LogP contribution in [0.1, 0.15) is 25.7 Å². The Balaban J connectivity index is 1.73. The molecule has 0 bridgehead atoms. The first kappa shape index (κ1) is 21.3. The second-order valence-corrected chi connectivity index (χ2v) is 10.2. The second-order valence-electron chi connectivity index (χ2n) is 8.26. The molecule has 2 aromatic carbocycles. The van der Waals surface area contributed by atoms with Crippen molar-refractivity contribution in [1.29, 1.82) is 0 Å². The summed E-state index contributed by atoms with van der Waals surface area (Å²) in [6.07, 6.45) is 4.76. The van der Waals surface area contributed by atoms with Crippen LogP contribution in [0.3, 0.4) is 0 Å². The molecule has 0 saturated heterocycles. The summed E-state index contributed by atoms with van der Waals surface area (Å²) in [6.45, 7) is 0.367. The topological polar surface area (TPSA) is 66.5 Å². The number of nitrogens with one attached hydrogen (secondary N) is 1. The van der Waals surface area contributed by atoms with E-state index in [9.17, 15) is 13.2 Å². The lowest BCUT2D eigenvalue weighted by atomic mass is 10.2. The van der Waals surface area contributed by atoms with Crippen LogP contribution in [0, 0.1) is 0 Å². The fraction of sp³-hybridized carbons (Fsp3) is 0.409. The number of carbonyl (C=O) groups excluding carboxylic acids is 1. The summed E-state index contributed by atoms with van der Waals surface area (Å²) in [5.74, 6) is -0.104. The lowest BCUT2D eigenvalue weighted by molar-refractivity contribution is -0.906. The minimum absolute atomic E-state index is 0.104. The summed E-state index contributed by atoms with van der Waals surface area (Å²) in [5, 5.41) is 2.88. The molecule has 0 aliphatic heterocycles. The predicted molar refractivity (Wildman–Crippen MR) is 116 cm³/mol. The number of likely N-dealkylation sites (N-methyl/N-ethyl adjacent to an activating group) is 1. The normalized spacial score (nSPS) is 15.3. The van der Waals surface area contributed by atoms with Crippen LogP contribution in [-0.2, 0) is 14.8 Å². The number of nitrogens with zero attached hydrogens (tertiary/aromatic N) is 2. The van der Waals surface area contributed by atoms with Crippen LogP contribution in [0.25, 0.3) is 0 Å². The second kappa shape index (κ2) is 8.55. The number of sulfonamides is 1. The van der Waals surface area contributed by atoms with E-state index in [0.29, 0.717) is 28.4 Å². The Kier molecular flexibility index (Phi) is 6.29. The van der Waals surface area contributed by atoms with E-state index in [-0.39, 0.29) is 10.8 Å². The molecule has 2 aromatic rings. The summed E-state index contributed by atoms with van der Waals surface area (Å²) >= 11 is 0. The number of hydrogen-bond donors (Lipinski definition) is 1. The van der Waals surface area contributed by atoms with Gasteiger partial charge in [0.2, 0.25) is 0 Å². The number of carbonyl (C=O) groups is 1. The number of rotatable bonds is 7. The molecular weight excluding hydrogens is 386 g/mol. The highest BCUT2D eigenvalue weighted by molar-refractivity contribution is 7.92. The molecule has 156 valence electrons. The number of benzene rings is 2. The van der Waals surface area contributed by atoms with Gasteiger partial charge in [0.1, 0.15) is 0 Å². The van der Waals surface area contributed by atoms with Crippen molar-refractivity contribution < 1.29 is 17.7 Å². The quantitative estimate of drug-likeness (QED) is 0.703. The van der Waals surface area contributed by atoms with Crippen molar-refractivity contribution in [3.63, 3.8) is 0 Å². The van der Waals surface area contributed by atoms with Crippen molar-refractivity contribution in [2.75, 3.05) is 37.3 Å². The molecule has 0 radical (unpaired) electrons. The van der Waals surface area contributed by atoms with Gasteiger partial charge in [0.05, 0.1) is 30.7 Å². The van der Waals surface area contributed by atoms with Gasteiger partial charge in [-0.3, -0.25) is 9.10 Å². The number of amides is 1. The van der Waals surface area contributed by atoms with E-state index in [2.05, 4.69) is 19.4 Å². The Morgan fingerprint density at radius 1 is 1.07 bits per heavy atom. The summed E-state index contributed by atoms with van der Waals surface area (Å²) in [6, 6.07) is 15.8. The molecule has 0 aromatic heterocycles. The zero-order valence-electron chi connectivity index (χ0n) is 17.3. The molecule has 1 fully saturated rings. The molecule has 1 aliphatic carbocycles. The molecule has 0 atom stereocenters. The van der Waals surface area contributed by atoms with E-state index in [1.165, 1.54) is 30.3 Å². The van der Waals surface area contributed by atoms with E-state index in [1.807, 2.05) is 6.07 Å². The average Bonchev–Trinajstić information content (AvgIpc) is 3.23. The van der Waals surface area contributed by atoms with E-state index in [4.69, 9.17) is 0 Å². The highest BCUT2D eigenvalue weighted by atomic mass is 32.2. The van der Waals surface area contributed by atoms with Gasteiger partial charge in [-0.25, -0.2) is 8.42 Å². The molecule has 1 saturated carbocycles. The van der Waals surface area contributed by atoms with Gasteiger partial charge in [0.25, 0.3) is 15.9 Å². The van der Waals surface area contributed by atoms with Crippen LogP contribution in [0.2, 0.25) is 0 Å². The molecule has 1 N–H and O–H groups in total. The first-order valence-corrected chi connectivity index (χ1v) is 11.4. The fourth-order valence-corrected chi connectivity index (χ4v) is 5.21. The SMILES string of the molecule is CN(c1ccccc1)S(=O)(=O)c1cccc(NC(=O)C[N+](C)(C)C2CCCC2)c1. The highest BCUT2D eigenvalue weighted by Gasteiger charge is 2.33. The lowest BCUT2D eigenvalue weighted by Gasteiger charge is -2.35. The molecule has 0 heterocycles. The fourth-order valence-electron chi connectivity index (χ4n) is 3.97. The largest absolute Gasteiger partial charge is 0.321 e. The van der Waals surface area contributed by atoms with E-state index in [0.717, 1.165) is 12.8 Å². The first-order chi connectivity index (χ1) is 13.7. The molecule has 29 heavy (non-hydrogen) atoms. The van der Waals surface area contributed by atoms with Gasteiger partial charge < -0.3 is 9.80 Å². The van der Waals surface area contributed by atoms with Gasteiger partial charge in [-0.15, -0.1) is 0 Å². The van der Waals surface area contributed by atoms with Crippen LogP contribution < -0.4 is 9.62 Å². The lowest BCUT2D eigenvalue weighted by Crippen LogP contribution is -2.51. The van der Waals surface area contributed by atoms with Crippen LogP contribution in [0.15, 0.2) is 59.5 Å². The molecule has 0 unspecified atom stereocenters. The maximum Gasteiger partial charge on any atom is 0.279 e. The van der Waals surface area contributed by atoms with Crippen molar-refractivity contribution in [2.24, 2.45) is 0 Å². The zero-order valence-corrected chi connectivity index (χ0v) is 18.2. The summed E-state index contributed by atoms with van der Waals surface area (Å²) < 4.78 is 27.9. The molecule has 1 aliphatic rings. The van der Waals surface area contributed by atoms with Gasteiger partial charge in [-0.2, -0.15) is 0 Å². The van der Waals surface area contributed by atoms with Gasteiger partial charge in [-0.1, -0.05) is 24.3 Å². The molecule has 0 spiro atoms. The standard InChI is InChI=1S/C22H29N3O3S/c1-24(19-11-5-4-6-12-19)29(27,28)21-15-9-10-18(16-21)23-22(26)17-25(2,3)20-13-7-8-14-20/h4-6,9-12,15-16,20H,7-8,13-14,17H2,1-3H3/p+1. The Morgan fingerprint density at radius 2 is 1.72 bits per heavy atom. The molecule has 3 rings (SSSR count). The summed E-state index contributed by atoms with van der Waals surface area (Å²) in [4.78, 5) is 12.8. The monoisotopic (exact) mass is 416 g/mol. The van der Waals surface area contributed by atoms with Crippen molar-refractivity contribution in [2.45, 2.75) is 36.6 Å². The summed E-state index contributed by atoms with van der Waals surface area (Å²) in [7, 11) is 1.98. The Hall–Kier alpha value is -2.38. The van der Waals surface area contributed by atoms with E-state index in [1.54, 1.807) is 42.5 Å². The van der Waals surface area contributed by atoms with E-state index < -0.39 is 10.0 Å². The number of anilines is 2. The first-order valence-electron chi connectivity index (χ1n) is 9.97. The van der Waals surface area contributed by atoms with Crippen molar-refractivity contribution in [1.82, 2.24) is 0 Å². The van der Waals surface area contributed by atoms with Crippen molar-refractivity contribution in [3.8, 4) is 0 Å². The third-order valence-corrected chi connectivity index (χ3v) is 7.54. The third kappa shape index (κ3) is 4.97. The van der Waals surface area contributed by atoms with Gasteiger partial charge in [0, 0.05) is 12.7 Å². The Morgan fingerprint density at radius 3 is 2.38 bits per heavy atom. The smallest absolute Gasteiger partial charge is 0.279 e. The molecule has 1 amide bonds. The van der Waals surface area contributed by atoms with Crippen LogP contribution >= 0.6 is 0 Å². The zero-order chi connectivity index (χ0) is 21.1. The van der Waals surface area contributed by atoms with Gasteiger partial charge >= 0.3 is 0 Å². The van der Waals surface area contributed by atoms with Crippen LogP contribution in [0.5, 0.6) is 0 Å². The molecule has 6 nitrogen and oxygen atoms in total. The van der Waals surface area contributed by atoms with E-state index >= 15 is 0 Å². The average molecular weight is 417 g/mol. The maximum atomic E-state index is 13.0. The summed E-state index contributed by atoms with van der Waals surface area (Å²) in [5.41, 5.74) is 1.07. The van der Waals surface area contributed by atoms with Crippen molar-refractivity contribution in [3.05, 3.63) is 54.6 Å². The minimum atomic E-state index is -3.72.